The third-order valence-electron chi connectivity index (χ3n) is 3.24. The van der Waals surface area contributed by atoms with Crippen molar-refractivity contribution >= 4 is 23.1 Å². The zero-order valence-corrected chi connectivity index (χ0v) is 13.1. The van der Waals surface area contributed by atoms with Crippen LogP contribution in [0, 0.1) is 0 Å². The van der Waals surface area contributed by atoms with E-state index in [0.29, 0.717) is 18.7 Å². The van der Waals surface area contributed by atoms with Gasteiger partial charge in [-0.25, -0.2) is 9.78 Å². The number of hydrogen-bond donors (Lipinski definition) is 2. The lowest BCUT2D eigenvalue weighted by molar-refractivity contribution is 0.0696. The lowest BCUT2D eigenvalue weighted by atomic mass is 10.0. The molecule has 0 saturated carbocycles. The Bertz CT molecular complexity index is 628. The lowest BCUT2D eigenvalue weighted by Crippen LogP contribution is -2.17. The van der Waals surface area contributed by atoms with Crippen LogP contribution in [0.3, 0.4) is 0 Å². The Morgan fingerprint density at radius 3 is 2.67 bits per heavy atom. The van der Waals surface area contributed by atoms with E-state index in [1.54, 1.807) is 6.20 Å². The van der Waals surface area contributed by atoms with E-state index in [-0.39, 0.29) is 11.6 Å². The number of carbonyl (C=O) groups is 1. The van der Waals surface area contributed by atoms with Gasteiger partial charge in [0.1, 0.15) is 10.6 Å². The second-order valence-corrected chi connectivity index (χ2v) is 5.52. The Labute approximate surface area is 127 Å². The van der Waals surface area contributed by atoms with Gasteiger partial charge in [-0.05, 0) is 25.3 Å². The van der Waals surface area contributed by atoms with Gasteiger partial charge in [0.05, 0.1) is 11.7 Å². The summed E-state index contributed by atoms with van der Waals surface area (Å²) >= 11 is 1.51. The number of nitrogens with zero attached hydrogens (tertiary/aromatic N) is 3. The number of hydrogen-bond acceptors (Lipinski definition) is 6. The molecule has 21 heavy (non-hydrogen) atoms. The zero-order valence-electron chi connectivity index (χ0n) is 12.3. The zero-order chi connectivity index (χ0) is 15.4. The highest BCUT2D eigenvalue weighted by Crippen LogP contribution is 2.25. The van der Waals surface area contributed by atoms with Crippen LogP contribution in [-0.4, -0.2) is 26.3 Å². The summed E-state index contributed by atoms with van der Waals surface area (Å²) in [4.78, 5) is 15.8. The monoisotopic (exact) mass is 306 g/mol. The van der Waals surface area contributed by atoms with Gasteiger partial charge in [0, 0.05) is 11.6 Å². The third-order valence-corrected chi connectivity index (χ3v) is 4.19. The van der Waals surface area contributed by atoms with Gasteiger partial charge < -0.3 is 10.4 Å². The van der Waals surface area contributed by atoms with Gasteiger partial charge in [-0.1, -0.05) is 13.8 Å². The van der Waals surface area contributed by atoms with Crippen LogP contribution in [0.2, 0.25) is 0 Å². The fourth-order valence-corrected chi connectivity index (χ4v) is 2.87. The van der Waals surface area contributed by atoms with E-state index >= 15 is 0 Å². The Balaban J connectivity index is 2.41. The average Bonchev–Trinajstić information content (AvgIpc) is 3.00. The van der Waals surface area contributed by atoms with Crippen molar-refractivity contribution in [3.8, 4) is 0 Å². The molecule has 2 aromatic heterocycles. The second-order valence-electron chi connectivity index (χ2n) is 4.60. The maximum absolute atomic E-state index is 11.6. The fraction of sp³-hybridized carbons (Fsp3) is 0.429. The molecule has 0 spiro atoms. The summed E-state index contributed by atoms with van der Waals surface area (Å²) in [6.45, 7) is 5.79. The molecular weight excluding hydrogens is 288 g/mol. The number of anilines is 1. The Morgan fingerprint density at radius 1 is 1.38 bits per heavy atom. The molecule has 2 aromatic rings. The lowest BCUT2D eigenvalue weighted by Gasteiger charge is -2.16. The summed E-state index contributed by atoms with van der Waals surface area (Å²) in [5.74, 6) is -0.676. The molecule has 0 bridgehead atoms. The minimum Gasteiger partial charge on any atom is -0.478 e. The van der Waals surface area contributed by atoms with Crippen molar-refractivity contribution in [2.24, 2.45) is 0 Å². The first-order valence-electron chi connectivity index (χ1n) is 6.86. The summed E-state index contributed by atoms with van der Waals surface area (Å²) in [7, 11) is 0. The third kappa shape index (κ3) is 3.18. The number of rotatable bonds is 6. The van der Waals surface area contributed by atoms with E-state index < -0.39 is 5.97 Å². The van der Waals surface area contributed by atoms with Gasteiger partial charge in [-0.15, -0.1) is 16.4 Å². The number of nitrogens with one attached hydrogen (secondary N) is 1. The normalized spacial score (nSPS) is 12.1. The van der Waals surface area contributed by atoms with Gasteiger partial charge in [0.25, 0.3) is 0 Å². The van der Waals surface area contributed by atoms with Crippen LogP contribution in [0.4, 0.5) is 5.82 Å². The van der Waals surface area contributed by atoms with Gasteiger partial charge in [-0.2, -0.15) is 5.10 Å². The molecular formula is C14H18N4O2S. The van der Waals surface area contributed by atoms with Crippen LogP contribution in [0.5, 0.6) is 0 Å². The van der Waals surface area contributed by atoms with E-state index in [9.17, 15) is 9.90 Å². The molecule has 6 nitrogen and oxygen atoms in total. The van der Waals surface area contributed by atoms with Crippen LogP contribution < -0.4 is 5.32 Å². The Hall–Kier alpha value is -2.02. The van der Waals surface area contributed by atoms with Crippen LogP contribution in [-0.2, 0) is 12.8 Å². The molecule has 0 aliphatic heterocycles. The van der Waals surface area contributed by atoms with Crippen molar-refractivity contribution < 1.29 is 9.90 Å². The van der Waals surface area contributed by atoms with E-state index in [1.165, 1.54) is 11.3 Å². The molecule has 7 heteroatoms. The van der Waals surface area contributed by atoms with E-state index in [4.69, 9.17) is 0 Å². The summed E-state index contributed by atoms with van der Waals surface area (Å²) in [6, 6.07) is -0.116. The molecule has 0 aromatic carbocycles. The van der Waals surface area contributed by atoms with Crippen LogP contribution >= 0.6 is 11.3 Å². The van der Waals surface area contributed by atoms with E-state index in [2.05, 4.69) is 20.5 Å². The molecule has 0 radical (unpaired) electrons. The van der Waals surface area contributed by atoms with Crippen LogP contribution in [0.15, 0.2) is 11.6 Å². The van der Waals surface area contributed by atoms with Crippen molar-refractivity contribution in [3.63, 3.8) is 0 Å². The minimum atomic E-state index is -0.981. The Morgan fingerprint density at radius 2 is 2.14 bits per heavy atom. The van der Waals surface area contributed by atoms with Gasteiger partial charge in [0.2, 0.25) is 0 Å². The standard InChI is InChI=1S/C14H18N4O2S/c1-4-9-10(5-2)17-18-12(11(9)14(19)20)16-8(3)13-15-6-7-21-13/h6-8H,4-5H2,1-3H3,(H,16,18)(H,19,20). The van der Waals surface area contributed by atoms with E-state index in [1.807, 2.05) is 26.2 Å². The molecule has 1 unspecified atom stereocenters. The highest BCUT2D eigenvalue weighted by atomic mass is 32.1. The number of carboxylic acid groups (broad SMARTS) is 1. The predicted molar refractivity (Wildman–Crippen MR) is 81.9 cm³/mol. The fourth-order valence-electron chi connectivity index (χ4n) is 2.22. The van der Waals surface area contributed by atoms with Crippen LogP contribution in [0.1, 0.15) is 53.4 Å². The maximum Gasteiger partial charge on any atom is 0.339 e. The minimum absolute atomic E-state index is 0.116. The smallest absolute Gasteiger partial charge is 0.339 e. The number of aromatic carboxylic acids is 1. The largest absolute Gasteiger partial charge is 0.478 e. The number of carboxylic acids is 1. The van der Waals surface area contributed by atoms with Crippen LogP contribution in [0.25, 0.3) is 0 Å². The van der Waals surface area contributed by atoms with Gasteiger partial charge in [0.15, 0.2) is 5.82 Å². The molecule has 0 amide bonds. The predicted octanol–water partition coefficient (Wildman–Crippen LogP) is 2.93. The van der Waals surface area contributed by atoms with Gasteiger partial charge >= 0.3 is 5.97 Å². The summed E-state index contributed by atoms with van der Waals surface area (Å²) in [5.41, 5.74) is 1.70. The van der Waals surface area contributed by atoms with E-state index in [0.717, 1.165) is 16.3 Å². The molecule has 112 valence electrons. The molecule has 0 fully saturated rings. The topological polar surface area (TPSA) is 88.0 Å². The maximum atomic E-state index is 11.6. The Kier molecular flexibility index (Phi) is 4.85. The highest BCUT2D eigenvalue weighted by Gasteiger charge is 2.22. The van der Waals surface area contributed by atoms with Gasteiger partial charge in [-0.3, -0.25) is 0 Å². The van der Waals surface area contributed by atoms with Crippen molar-refractivity contribution in [1.29, 1.82) is 0 Å². The van der Waals surface area contributed by atoms with Crippen molar-refractivity contribution in [1.82, 2.24) is 15.2 Å². The first kappa shape index (κ1) is 15.4. The summed E-state index contributed by atoms with van der Waals surface area (Å²) in [6.07, 6.45) is 3.00. The molecule has 2 rings (SSSR count). The number of aryl methyl sites for hydroxylation is 1. The quantitative estimate of drug-likeness (QED) is 0.853. The molecule has 0 saturated heterocycles. The number of thiazole rings is 1. The molecule has 1 atom stereocenters. The molecule has 0 aliphatic carbocycles. The van der Waals surface area contributed by atoms with Crippen molar-refractivity contribution in [2.45, 2.75) is 39.7 Å². The molecule has 0 aliphatic rings. The summed E-state index contributed by atoms with van der Waals surface area (Å²) < 4.78 is 0. The first-order valence-corrected chi connectivity index (χ1v) is 7.74. The number of aromatic nitrogens is 3. The molecule has 2 heterocycles. The van der Waals surface area contributed by atoms with Crippen molar-refractivity contribution in [3.05, 3.63) is 33.4 Å². The summed E-state index contributed by atoms with van der Waals surface area (Å²) in [5, 5.41) is 23.6. The second kappa shape index (κ2) is 6.62. The van der Waals surface area contributed by atoms with Crippen molar-refractivity contribution in [2.75, 3.05) is 5.32 Å². The average molecular weight is 306 g/mol. The molecule has 2 N–H and O–H groups in total. The highest BCUT2D eigenvalue weighted by molar-refractivity contribution is 7.09. The first-order chi connectivity index (χ1) is 10.1. The SMILES string of the molecule is CCc1nnc(NC(C)c2nccs2)c(C(=O)O)c1CC.